The Morgan fingerprint density at radius 1 is 1.20 bits per heavy atom. The molecule has 0 radical (unpaired) electrons. The van der Waals surface area contributed by atoms with Gasteiger partial charge in [0.2, 0.25) is 0 Å². The van der Waals surface area contributed by atoms with E-state index in [0.29, 0.717) is 42.7 Å². The molecule has 5 rings (SSSR count). The number of rotatable bonds is 3. The average molecular weight is 640 g/mol. The second-order valence-corrected chi connectivity index (χ2v) is 14.5. The van der Waals surface area contributed by atoms with Crippen LogP contribution in [0.2, 0.25) is 0 Å². The quantitative estimate of drug-likeness (QED) is 0.229. The molecule has 1 spiro atoms. The molecule has 3 saturated heterocycles. The van der Waals surface area contributed by atoms with Gasteiger partial charge in [-0.2, -0.15) is 0 Å². The van der Waals surface area contributed by atoms with Gasteiger partial charge in [0.15, 0.2) is 5.79 Å². The maximum Gasteiger partial charge on any atom is 0.316 e. The second-order valence-electron chi connectivity index (χ2n) is 14.5. The van der Waals surface area contributed by atoms with E-state index in [4.69, 9.17) is 23.8 Å². The van der Waals surface area contributed by atoms with Crippen molar-refractivity contribution in [3.63, 3.8) is 0 Å². The summed E-state index contributed by atoms with van der Waals surface area (Å²) in [5.74, 6) is -2.15. The van der Waals surface area contributed by atoms with Crippen molar-refractivity contribution in [2.75, 3.05) is 13.7 Å². The maximum atomic E-state index is 14.2. The summed E-state index contributed by atoms with van der Waals surface area (Å²) < 4.78 is 26.0. The summed E-state index contributed by atoms with van der Waals surface area (Å²) in [6, 6.07) is 0. The molecule has 254 valence electrons. The van der Waals surface area contributed by atoms with E-state index in [1.807, 2.05) is 12.2 Å². The van der Waals surface area contributed by atoms with E-state index >= 15 is 0 Å². The highest BCUT2D eigenvalue weighted by atomic mass is 16.7. The fourth-order valence-corrected chi connectivity index (χ4v) is 7.94. The first kappa shape index (κ1) is 34.8. The van der Waals surface area contributed by atoms with Gasteiger partial charge in [-0.1, -0.05) is 74.9 Å². The van der Waals surface area contributed by atoms with Gasteiger partial charge in [0.05, 0.1) is 24.5 Å². The highest BCUT2D eigenvalue weighted by molar-refractivity contribution is 5.88. The summed E-state index contributed by atoms with van der Waals surface area (Å²) >= 11 is 0. The van der Waals surface area contributed by atoms with E-state index in [0.717, 1.165) is 17.7 Å². The smallest absolute Gasteiger partial charge is 0.316 e. The Morgan fingerprint density at radius 2 is 1.96 bits per heavy atom. The van der Waals surface area contributed by atoms with Gasteiger partial charge in [-0.3, -0.25) is 4.79 Å². The minimum Gasteiger partial charge on any atom is -0.462 e. The molecule has 0 aromatic heterocycles. The van der Waals surface area contributed by atoms with Crippen molar-refractivity contribution in [1.29, 1.82) is 0 Å². The van der Waals surface area contributed by atoms with Gasteiger partial charge in [-0.25, -0.2) is 0 Å². The van der Waals surface area contributed by atoms with E-state index in [2.05, 4.69) is 64.9 Å². The van der Waals surface area contributed by atoms with E-state index in [-0.39, 0.29) is 30.7 Å². The monoisotopic (exact) mass is 639 g/mol. The molecule has 46 heavy (non-hydrogen) atoms. The molecule has 10 atom stereocenters. The molecule has 0 aromatic rings. The minimum absolute atomic E-state index is 0.0340. The summed E-state index contributed by atoms with van der Waals surface area (Å²) in [6.07, 6.45) is 11.4. The van der Waals surface area contributed by atoms with Gasteiger partial charge in [-0.05, 0) is 62.2 Å². The number of esters is 1. The molecular weight excluding hydrogens is 586 g/mol. The predicted molar refractivity (Wildman–Crippen MR) is 176 cm³/mol. The molecule has 2 N–H and O–H groups in total. The predicted octanol–water partition coefficient (Wildman–Crippen LogP) is 5.73. The van der Waals surface area contributed by atoms with Gasteiger partial charge in [0, 0.05) is 25.2 Å². The molecule has 4 heterocycles. The van der Waals surface area contributed by atoms with Crippen molar-refractivity contribution < 1.29 is 38.8 Å². The lowest BCUT2D eigenvalue weighted by Crippen LogP contribution is -2.59. The summed E-state index contributed by atoms with van der Waals surface area (Å²) in [6.45, 7) is 14.6. The minimum atomic E-state index is -1.74. The lowest BCUT2D eigenvalue weighted by atomic mass is 9.71. The molecule has 0 amide bonds. The van der Waals surface area contributed by atoms with Crippen molar-refractivity contribution in [3.05, 3.63) is 58.7 Å². The number of ether oxygens (including phenoxy) is 4. The first-order valence-corrected chi connectivity index (χ1v) is 16.8. The van der Waals surface area contributed by atoms with Crippen LogP contribution in [-0.4, -0.2) is 77.5 Å². The topological polar surface area (TPSA) is 116 Å². The number of carbonyl (C=O) groups is 1. The zero-order valence-electron chi connectivity index (χ0n) is 28.7. The fourth-order valence-electron chi connectivity index (χ4n) is 7.94. The molecule has 3 fully saturated rings. The Balaban J connectivity index is 1.55. The lowest BCUT2D eigenvalue weighted by molar-refractivity contribution is -0.313. The molecule has 9 heteroatoms. The van der Waals surface area contributed by atoms with Crippen LogP contribution in [-0.2, 0) is 28.6 Å². The number of aliphatic hydroxyl groups excluding tert-OH is 1. The van der Waals surface area contributed by atoms with Gasteiger partial charge in [-0.15, -0.1) is 0 Å². The lowest BCUT2D eigenvalue weighted by Gasteiger charge is -2.50. The van der Waals surface area contributed by atoms with Crippen LogP contribution < -0.4 is 0 Å². The first-order chi connectivity index (χ1) is 21.8. The van der Waals surface area contributed by atoms with Gasteiger partial charge < -0.3 is 34.0 Å². The summed E-state index contributed by atoms with van der Waals surface area (Å²) in [5, 5.41) is 27.6. The SMILES string of the molecule is CON=C1C[C@]2(C[C@@H]3C[C@@H](C/C=C(\C)C[C@@H](C)C=C/C=C4\CO[C@@H]5[C@H](O)C(C)=C[C@@H](C(=O)O3)[C@]45O)O2)O[C@H](/C(C)=C/C(C)C)[C@H]1C. The van der Waals surface area contributed by atoms with Gasteiger partial charge >= 0.3 is 5.97 Å². The van der Waals surface area contributed by atoms with Crippen LogP contribution in [0, 0.1) is 23.7 Å². The Bertz CT molecular complexity index is 1340. The van der Waals surface area contributed by atoms with Crippen molar-refractivity contribution in [2.45, 2.75) is 122 Å². The second kappa shape index (κ2) is 13.9. The van der Waals surface area contributed by atoms with Crippen LogP contribution in [0.5, 0.6) is 0 Å². The zero-order valence-corrected chi connectivity index (χ0v) is 28.7. The van der Waals surface area contributed by atoms with Crippen LogP contribution in [0.15, 0.2) is 63.9 Å². The molecule has 0 aromatic carbocycles. The van der Waals surface area contributed by atoms with Crippen LogP contribution in [0.25, 0.3) is 0 Å². The molecule has 2 bridgehead atoms. The Labute approximate surface area is 274 Å². The normalized spacial score (nSPS) is 43.8. The average Bonchev–Trinajstić information content (AvgIpc) is 3.31. The van der Waals surface area contributed by atoms with Crippen molar-refractivity contribution in [1.82, 2.24) is 0 Å². The highest BCUT2D eigenvalue weighted by Gasteiger charge is 2.60. The van der Waals surface area contributed by atoms with Crippen molar-refractivity contribution >= 4 is 11.7 Å². The van der Waals surface area contributed by atoms with Crippen LogP contribution in [0.1, 0.15) is 80.6 Å². The summed E-state index contributed by atoms with van der Waals surface area (Å²) in [5.41, 5.74) is 2.54. The Hall–Kier alpha value is -2.56. The van der Waals surface area contributed by atoms with Crippen LogP contribution in [0.3, 0.4) is 0 Å². The van der Waals surface area contributed by atoms with Gasteiger partial charge in [0.1, 0.15) is 36.9 Å². The Kier molecular flexibility index (Phi) is 10.5. The number of oxime groups is 1. The van der Waals surface area contributed by atoms with Crippen LogP contribution in [0.4, 0.5) is 0 Å². The molecule has 1 aliphatic carbocycles. The number of carbonyl (C=O) groups excluding carboxylic acids is 1. The molecule has 0 unspecified atom stereocenters. The highest BCUT2D eigenvalue weighted by Crippen LogP contribution is 2.47. The van der Waals surface area contributed by atoms with Crippen molar-refractivity contribution in [3.8, 4) is 0 Å². The van der Waals surface area contributed by atoms with E-state index < -0.39 is 41.6 Å². The summed E-state index contributed by atoms with van der Waals surface area (Å²) in [7, 11) is 1.55. The van der Waals surface area contributed by atoms with E-state index in [9.17, 15) is 15.0 Å². The number of hydrogen-bond donors (Lipinski definition) is 2. The first-order valence-electron chi connectivity index (χ1n) is 16.8. The van der Waals surface area contributed by atoms with Crippen molar-refractivity contribution in [2.24, 2.45) is 28.8 Å². The molecule has 9 nitrogen and oxygen atoms in total. The fraction of sp³-hybridized carbons (Fsp3) is 0.676. The standard InChI is InChI=1S/C37H53NO8/c1-21(2)14-25(6)33-26(7)31(38-42-8)19-36(46-33)18-29-17-28(45-36)13-12-23(4)15-22(3)10-9-11-27-20-43-34-32(39)24(5)16-30(35(40)44-29)37(27,34)41/h9-12,14,16,21-22,26,28-30,32-34,39,41H,13,15,17-20H2,1-8H3/b10-9?,23-12+,25-14+,27-11+,38-31?/t22-,26-,28+,29-,30-,32+,33+,34+,36-,37+/m0/s1. The number of fused-ring (bicyclic) bond motifs is 2. The third-order valence-electron chi connectivity index (χ3n) is 10.1. The third-order valence-corrected chi connectivity index (χ3v) is 10.1. The number of allylic oxidation sites excluding steroid dienone is 5. The zero-order chi connectivity index (χ0) is 33.4. The van der Waals surface area contributed by atoms with E-state index in [1.165, 1.54) is 5.57 Å². The number of nitrogens with zero attached hydrogens (tertiary/aromatic N) is 1. The van der Waals surface area contributed by atoms with E-state index in [1.54, 1.807) is 20.1 Å². The molecule has 0 saturated carbocycles. The summed E-state index contributed by atoms with van der Waals surface area (Å²) in [4.78, 5) is 19.4. The molecule has 4 aliphatic heterocycles. The maximum absolute atomic E-state index is 14.2. The Morgan fingerprint density at radius 3 is 2.67 bits per heavy atom. The largest absolute Gasteiger partial charge is 0.462 e. The molecule has 5 aliphatic rings. The third kappa shape index (κ3) is 6.99. The molecular formula is C37H53NO8. The van der Waals surface area contributed by atoms with Gasteiger partial charge in [0.25, 0.3) is 0 Å². The number of hydrogen-bond acceptors (Lipinski definition) is 9. The van der Waals surface area contributed by atoms with Crippen LogP contribution >= 0.6 is 0 Å². The number of aliphatic hydroxyl groups is 2.